The molecule has 0 saturated carbocycles. The highest BCUT2D eigenvalue weighted by Gasteiger charge is 2.22. The number of amidine groups is 1. The van der Waals surface area contributed by atoms with Crippen molar-refractivity contribution in [1.82, 2.24) is 0 Å². The minimum Gasteiger partial charge on any atom is -0.409 e. The highest BCUT2D eigenvalue weighted by molar-refractivity contribution is 7.99. The average molecular weight is 302 g/mol. The molecule has 3 N–H and O–H groups in total. The van der Waals surface area contributed by atoms with Crippen molar-refractivity contribution < 1.29 is 14.0 Å². The van der Waals surface area contributed by atoms with Gasteiger partial charge in [0.2, 0.25) is 0 Å². The lowest BCUT2D eigenvalue weighted by atomic mass is 9.86. The van der Waals surface area contributed by atoms with E-state index in [0.717, 1.165) is 36.0 Å². The van der Waals surface area contributed by atoms with Crippen LogP contribution in [0.25, 0.3) is 0 Å². The molecule has 0 aliphatic heterocycles. The zero-order valence-electron chi connectivity index (χ0n) is 11.7. The van der Waals surface area contributed by atoms with Crippen LogP contribution in [0.2, 0.25) is 0 Å². The molecule has 6 heteroatoms. The van der Waals surface area contributed by atoms with E-state index in [2.05, 4.69) is 5.16 Å². The van der Waals surface area contributed by atoms with Crippen molar-refractivity contribution in [1.29, 1.82) is 0 Å². The summed E-state index contributed by atoms with van der Waals surface area (Å²) in [5, 5.41) is 11.7. The number of oxime groups is 1. The molecule has 112 valence electrons. The van der Waals surface area contributed by atoms with Gasteiger partial charge in [-0.15, -0.1) is 11.8 Å². The van der Waals surface area contributed by atoms with E-state index in [1.54, 1.807) is 6.07 Å². The molecule has 0 atom stereocenters. The van der Waals surface area contributed by atoms with E-state index in [-0.39, 0.29) is 11.3 Å². The van der Waals surface area contributed by atoms with Crippen LogP contribution < -0.4 is 5.73 Å². The fraction of sp³-hybridized carbons (Fsp3) is 0.500. The molecule has 0 spiro atoms. The molecule has 0 heterocycles. The Morgan fingerprint density at radius 1 is 1.30 bits per heavy atom. The van der Waals surface area contributed by atoms with Crippen molar-refractivity contribution in [2.75, 3.05) is 5.75 Å². The number of nitrogens with zero attached hydrogens (tertiary/aromatic N) is 1. The Kier molecular flexibility index (Phi) is 6.26. The first kappa shape index (κ1) is 16.8. The Morgan fingerprint density at radius 2 is 2.00 bits per heavy atom. The van der Waals surface area contributed by atoms with E-state index >= 15 is 0 Å². The highest BCUT2D eigenvalue weighted by Crippen LogP contribution is 2.26. The van der Waals surface area contributed by atoms with Crippen molar-refractivity contribution in [3.63, 3.8) is 0 Å². The Bertz CT molecular complexity index is 478. The van der Waals surface area contributed by atoms with Gasteiger partial charge in [-0.2, -0.15) is 0 Å². The van der Waals surface area contributed by atoms with Gasteiger partial charge in [-0.1, -0.05) is 25.4 Å². The van der Waals surface area contributed by atoms with Gasteiger partial charge in [0, 0.05) is 10.3 Å². The Labute approximate surface area is 122 Å². The first-order valence-corrected chi connectivity index (χ1v) is 7.41. The van der Waals surface area contributed by atoms with Gasteiger partial charge in [-0.05, 0) is 36.8 Å². The smallest absolute Gasteiger partial charge is 0.159 e. The summed E-state index contributed by atoms with van der Waals surface area (Å²) in [5.74, 6) is -0.596. The molecule has 0 fully saturated rings. The topological polar surface area (TPSA) is 58.6 Å². The van der Waals surface area contributed by atoms with E-state index < -0.39 is 11.6 Å². The first-order valence-electron chi connectivity index (χ1n) is 6.42. The summed E-state index contributed by atoms with van der Waals surface area (Å²) in [5.41, 5.74) is 5.27. The summed E-state index contributed by atoms with van der Waals surface area (Å²) in [6, 6.07) is 3.92. The molecule has 0 aromatic heterocycles. The normalized spacial score (nSPS) is 12.7. The van der Waals surface area contributed by atoms with Gasteiger partial charge in [-0.3, -0.25) is 0 Å². The van der Waals surface area contributed by atoms with Crippen molar-refractivity contribution in [2.24, 2.45) is 16.3 Å². The van der Waals surface area contributed by atoms with E-state index in [1.807, 2.05) is 13.8 Å². The van der Waals surface area contributed by atoms with Gasteiger partial charge in [0.05, 0.1) is 0 Å². The van der Waals surface area contributed by atoms with Crippen LogP contribution in [0, 0.1) is 17.0 Å². The molecule has 0 aliphatic carbocycles. The number of hydrogen-bond acceptors (Lipinski definition) is 3. The second-order valence-corrected chi connectivity index (χ2v) is 6.42. The van der Waals surface area contributed by atoms with E-state index in [1.165, 1.54) is 17.8 Å². The number of thioether (sulfide) groups is 1. The van der Waals surface area contributed by atoms with Crippen molar-refractivity contribution >= 4 is 17.6 Å². The number of benzene rings is 1. The average Bonchev–Trinajstić information content (AvgIpc) is 2.41. The Hall–Kier alpha value is -1.30. The SMILES string of the molecule is CC(C)(CCCCSc1ccc(F)c(F)c1)/C(N)=N/O. The van der Waals surface area contributed by atoms with E-state index in [4.69, 9.17) is 10.9 Å². The Balaban J connectivity index is 2.30. The summed E-state index contributed by atoms with van der Waals surface area (Å²) in [7, 11) is 0. The number of rotatable bonds is 7. The fourth-order valence-corrected chi connectivity index (χ4v) is 2.62. The predicted octanol–water partition coefficient (Wildman–Crippen LogP) is 4.00. The lowest BCUT2D eigenvalue weighted by Gasteiger charge is -2.22. The molecule has 0 bridgehead atoms. The molecular formula is C14H20F2N2OS. The standard InChI is InChI=1S/C14H20F2N2OS/c1-14(2,13(17)18-19)7-3-4-8-20-10-5-6-11(15)12(16)9-10/h5-6,9,19H,3-4,7-8H2,1-2H3,(H2,17,18). The van der Waals surface area contributed by atoms with Crippen LogP contribution in [-0.2, 0) is 0 Å². The second kappa shape index (κ2) is 7.47. The largest absolute Gasteiger partial charge is 0.409 e. The van der Waals surface area contributed by atoms with Gasteiger partial charge >= 0.3 is 0 Å². The zero-order chi connectivity index (χ0) is 15.2. The molecule has 1 aromatic rings. The molecule has 1 aromatic carbocycles. The van der Waals surface area contributed by atoms with Crippen LogP contribution in [0.3, 0.4) is 0 Å². The summed E-state index contributed by atoms with van der Waals surface area (Å²) in [6.45, 7) is 3.84. The van der Waals surface area contributed by atoms with Crippen LogP contribution in [0.5, 0.6) is 0 Å². The minimum atomic E-state index is -0.824. The van der Waals surface area contributed by atoms with Crippen molar-refractivity contribution in [3.8, 4) is 0 Å². The molecule has 1 rings (SSSR count). The molecular weight excluding hydrogens is 282 g/mol. The molecule has 0 aliphatic rings. The first-order chi connectivity index (χ1) is 9.36. The quantitative estimate of drug-likeness (QED) is 0.200. The summed E-state index contributed by atoms with van der Waals surface area (Å²) < 4.78 is 25.8. The van der Waals surface area contributed by atoms with Crippen LogP contribution in [0.1, 0.15) is 33.1 Å². The number of hydrogen-bond donors (Lipinski definition) is 2. The third-order valence-electron chi connectivity index (χ3n) is 3.16. The molecule has 0 unspecified atom stereocenters. The Morgan fingerprint density at radius 3 is 2.60 bits per heavy atom. The van der Waals surface area contributed by atoms with Crippen LogP contribution in [0.15, 0.2) is 28.3 Å². The third-order valence-corrected chi connectivity index (χ3v) is 4.24. The zero-order valence-corrected chi connectivity index (χ0v) is 12.5. The lowest BCUT2D eigenvalue weighted by molar-refractivity contribution is 0.304. The summed E-state index contributed by atoms with van der Waals surface area (Å²) in [4.78, 5) is 0.722. The van der Waals surface area contributed by atoms with E-state index in [0.29, 0.717) is 0 Å². The number of halogens is 2. The maximum atomic E-state index is 13.0. The van der Waals surface area contributed by atoms with Crippen LogP contribution in [0.4, 0.5) is 8.78 Å². The molecule has 0 radical (unpaired) electrons. The van der Waals surface area contributed by atoms with E-state index in [9.17, 15) is 8.78 Å². The number of nitrogens with two attached hydrogens (primary N) is 1. The second-order valence-electron chi connectivity index (χ2n) is 5.25. The molecule has 20 heavy (non-hydrogen) atoms. The van der Waals surface area contributed by atoms with Crippen LogP contribution in [-0.4, -0.2) is 16.8 Å². The lowest BCUT2D eigenvalue weighted by Crippen LogP contribution is -2.31. The van der Waals surface area contributed by atoms with Crippen molar-refractivity contribution in [3.05, 3.63) is 29.8 Å². The number of unbranched alkanes of at least 4 members (excludes halogenated alkanes) is 1. The van der Waals surface area contributed by atoms with Gasteiger partial charge in [0.15, 0.2) is 11.6 Å². The monoisotopic (exact) mass is 302 g/mol. The highest BCUT2D eigenvalue weighted by atomic mass is 32.2. The molecule has 0 amide bonds. The van der Waals surface area contributed by atoms with Gasteiger partial charge in [-0.25, -0.2) is 8.78 Å². The molecule has 3 nitrogen and oxygen atoms in total. The maximum absolute atomic E-state index is 13.0. The summed E-state index contributed by atoms with van der Waals surface area (Å²) in [6.07, 6.45) is 2.65. The van der Waals surface area contributed by atoms with Gasteiger partial charge < -0.3 is 10.9 Å². The van der Waals surface area contributed by atoms with Gasteiger partial charge in [0.1, 0.15) is 5.84 Å². The maximum Gasteiger partial charge on any atom is 0.159 e. The molecule has 0 saturated heterocycles. The predicted molar refractivity (Wildman–Crippen MR) is 78.1 cm³/mol. The van der Waals surface area contributed by atoms with Crippen molar-refractivity contribution in [2.45, 2.75) is 38.0 Å². The van der Waals surface area contributed by atoms with Crippen LogP contribution >= 0.6 is 11.8 Å². The third kappa shape index (κ3) is 5.00. The minimum absolute atomic E-state index is 0.228. The van der Waals surface area contributed by atoms with Gasteiger partial charge in [0.25, 0.3) is 0 Å². The fourth-order valence-electron chi connectivity index (χ4n) is 1.69. The summed E-state index contributed by atoms with van der Waals surface area (Å²) >= 11 is 1.49.